The molecule has 2 amide bonds. The van der Waals surface area contributed by atoms with Gasteiger partial charge < -0.3 is 14.5 Å². The number of nitrogens with one attached hydrogen (secondary N) is 2. The summed E-state index contributed by atoms with van der Waals surface area (Å²) in [5.74, 6) is 0.216. The van der Waals surface area contributed by atoms with Crippen molar-refractivity contribution >= 4 is 30.0 Å². The molecule has 2 aliphatic carbocycles. The van der Waals surface area contributed by atoms with Crippen molar-refractivity contribution < 1.29 is 18.2 Å². The van der Waals surface area contributed by atoms with Crippen molar-refractivity contribution in [1.29, 1.82) is 4.78 Å². The average Bonchev–Trinajstić information content (AvgIpc) is 3.98. The van der Waals surface area contributed by atoms with Gasteiger partial charge in [0.25, 0.3) is 0 Å². The van der Waals surface area contributed by atoms with E-state index in [1.54, 1.807) is 4.68 Å². The number of carbonyl (C=O) groups excluding carboxylic acids is 1. The van der Waals surface area contributed by atoms with E-state index in [0.717, 1.165) is 55.3 Å². The minimum Gasteiger partial charge on any atom is -0.466 e. The number of carbonyl (C=O) groups is 1. The van der Waals surface area contributed by atoms with Gasteiger partial charge in [-0.2, -0.15) is 5.10 Å². The molecule has 0 bridgehead atoms. The van der Waals surface area contributed by atoms with Crippen LogP contribution in [0.5, 0.6) is 5.88 Å². The lowest BCUT2D eigenvalue weighted by Gasteiger charge is -2.45. The van der Waals surface area contributed by atoms with Crippen LogP contribution >= 0.6 is 0 Å². The summed E-state index contributed by atoms with van der Waals surface area (Å²) >= 11 is 0. The highest BCUT2D eigenvalue weighted by molar-refractivity contribution is 7.90. The lowest BCUT2D eigenvalue weighted by Crippen LogP contribution is -2.55. The Kier molecular flexibility index (Phi) is 9.57. The fourth-order valence-electron chi connectivity index (χ4n) is 8.54. The highest BCUT2D eigenvalue weighted by Crippen LogP contribution is 2.49. The van der Waals surface area contributed by atoms with Crippen LogP contribution in [0.1, 0.15) is 79.5 Å². The van der Waals surface area contributed by atoms with E-state index in [4.69, 9.17) is 9.16 Å². The van der Waals surface area contributed by atoms with Crippen LogP contribution in [-0.2, 0) is 52.1 Å². The first-order valence-corrected chi connectivity index (χ1v) is 24.2. The quantitative estimate of drug-likeness (QED) is 0.108. The molecular weight excluding hydrogens is 735 g/mol. The molecule has 5 aromatic rings. The molecule has 3 aliphatic rings. The smallest absolute Gasteiger partial charge is 0.336 e. The molecule has 11 heteroatoms. The van der Waals surface area contributed by atoms with E-state index < -0.39 is 35.4 Å². The Morgan fingerprint density at radius 3 is 1.88 bits per heavy atom. The Morgan fingerprint density at radius 2 is 1.39 bits per heavy atom. The number of nitrogens with zero attached hydrogens (tertiary/aromatic N) is 3. The number of aromatic nitrogens is 2. The first-order valence-electron chi connectivity index (χ1n) is 19.8. The first-order chi connectivity index (χ1) is 26.7. The number of rotatable bonds is 10. The molecule has 2 heterocycles. The van der Waals surface area contributed by atoms with E-state index in [1.807, 2.05) is 97.9 Å². The highest BCUT2D eigenvalue weighted by Gasteiger charge is 2.53. The van der Waals surface area contributed by atoms with Crippen molar-refractivity contribution in [1.82, 2.24) is 14.1 Å². The summed E-state index contributed by atoms with van der Waals surface area (Å²) in [6.07, 6.45) is 7.11. The molecule has 2 atom stereocenters. The molecule has 8 rings (SSSR count). The Morgan fingerprint density at radius 1 is 0.893 bits per heavy atom. The third-order valence-electron chi connectivity index (χ3n) is 12.5. The molecule has 1 aromatic heterocycles. The minimum atomic E-state index is -4.27. The van der Waals surface area contributed by atoms with Crippen molar-refractivity contribution in [3.8, 4) is 5.88 Å². The average molecular weight is 788 g/mol. The van der Waals surface area contributed by atoms with Crippen molar-refractivity contribution in [2.45, 2.75) is 107 Å². The molecule has 2 N–H and O–H groups in total. The maximum atomic E-state index is 16.2. The van der Waals surface area contributed by atoms with Crippen LogP contribution in [0.4, 0.5) is 10.5 Å². The predicted molar refractivity (Wildman–Crippen MR) is 224 cm³/mol. The van der Waals surface area contributed by atoms with Gasteiger partial charge in [0.15, 0.2) is 18.2 Å². The summed E-state index contributed by atoms with van der Waals surface area (Å²) < 4.78 is 42.8. The number of aryl methyl sites for hydroxylation is 2. The molecule has 0 saturated carbocycles. The van der Waals surface area contributed by atoms with Gasteiger partial charge >= 0.3 is 6.03 Å². The van der Waals surface area contributed by atoms with E-state index in [-0.39, 0.29) is 15.8 Å². The van der Waals surface area contributed by atoms with Crippen molar-refractivity contribution in [2.75, 3.05) is 11.9 Å². The zero-order chi connectivity index (χ0) is 39.5. The standard InChI is InChI=1S/C45H53N5O4SSi/c1-43(2,3)56(5,6)53-31-44(4)30-49-41(54-44)39(29-47-49)55(46,52)50(42(51)48-40-37-26-16-18-32(37)28-33-19-17-27-38(33)40)45(34-20-10-7-11-21-34,35-22-12-8-13-23-35)36-24-14-9-15-25-36/h7-15,20-25,28-29,46H,16-19,26-27,30-31H2,1-6H3,(H,48,51). The summed E-state index contributed by atoms with van der Waals surface area (Å²) in [4.78, 5) is 15.8. The molecular formula is C45H53N5O4SSi. The van der Waals surface area contributed by atoms with Crippen molar-refractivity contribution in [2.24, 2.45) is 0 Å². The zero-order valence-electron chi connectivity index (χ0n) is 33.4. The molecule has 292 valence electrons. The number of ether oxygens (including phenoxy) is 1. The van der Waals surface area contributed by atoms with E-state index in [2.05, 4.69) is 50.3 Å². The van der Waals surface area contributed by atoms with Crippen LogP contribution < -0.4 is 10.1 Å². The lowest BCUT2D eigenvalue weighted by atomic mass is 9.77. The number of hydrogen-bond acceptors (Lipinski definition) is 6. The molecule has 9 nitrogen and oxygen atoms in total. The second-order valence-corrected chi connectivity index (χ2v) is 24.0. The Hall–Kier alpha value is -4.71. The number of fused-ring (bicyclic) bond motifs is 3. The normalized spacial score (nSPS) is 18.8. The van der Waals surface area contributed by atoms with E-state index in [0.29, 0.717) is 29.8 Å². The topological polar surface area (TPSA) is 110 Å². The van der Waals surface area contributed by atoms with E-state index in [1.165, 1.54) is 21.6 Å². The largest absolute Gasteiger partial charge is 0.466 e. The summed E-state index contributed by atoms with van der Waals surface area (Å²) in [5, 5.41) is 8.03. The third kappa shape index (κ3) is 6.37. The second-order valence-electron chi connectivity index (χ2n) is 17.4. The first kappa shape index (κ1) is 38.2. The maximum Gasteiger partial charge on any atom is 0.336 e. The Balaban J connectivity index is 1.33. The fourth-order valence-corrected chi connectivity index (χ4v) is 11.4. The van der Waals surface area contributed by atoms with Gasteiger partial charge in [0.05, 0.1) is 19.3 Å². The van der Waals surface area contributed by atoms with Gasteiger partial charge in [0.1, 0.15) is 16.0 Å². The molecule has 56 heavy (non-hydrogen) atoms. The number of amides is 2. The Bertz CT molecular complexity index is 2250. The fraction of sp³-hybridized carbons (Fsp3) is 0.378. The lowest BCUT2D eigenvalue weighted by molar-refractivity contribution is 0.0449. The third-order valence-corrected chi connectivity index (χ3v) is 18.8. The number of urea groups is 1. The minimum absolute atomic E-state index is 0.00129. The van der Waals surface area contributed by atoms with Gasteiger partial charge in [-0.1, -0.05) is 118 Å². The summed E-state index contributed by atoms with van der Waals surface area (Å²) in [6, 6.07) is 30.7. The predicted octanol–water partition coefficient (Wildman–Crippen LogP) is 9.88. The van der Waals surface area contributed by atoms with Crippen LogP contribution in [0.3, 0.4) is 0 Å². The van der Waals surface area contributed by atoms with Gasteiger partial charge in [0, 0.05) is 5.69 Å². The monoisotopic (exact) mass is 787 g/mol. The summed E-state index contributed by atoms with van der Waals surface area (Å²) in [5.41, 5.74) is 5.35. The van der Waals surface area contributed by atoms with E-state index >= 15 is 9.00 Å². The van der Waals surface area contributed by atoms with Crippen molar-refractivity contribution in [3.05, 3.63) is 142 Å². The molecule has 2 unspecified atom stereocenters. The van der Waals surface area contributed by atoms with Gasteiger partial charge in [0.2, 0.25) is 5.88 Å². The van der Waals surface area contributed by atoms with Crippen LogP contribution in [0, 0.1) is 4.78 Å². The SMILES string of the molecule is CC1(CO[Si](C)(C)C(C)(C)C)Cn2ncc(S(=N)(=O)N(C(=O)Nc3c4c(cc5c3CCC5)CCC4)C(c3ccccc3)(c3ccccc3)c3ccccc3)c2O1. The van der Waals surface area contributed by atoms with Gasteiger partial charge in [-0.3, -0.25) is 0 Å². The maximum absolute atomic E-state index is 16.2. The van der Waals surface area contributed by atoms with Crippen LogP contribution in [-0.4, -0.2) is 44.9 Å². The van der Waals surface area contributed by atoms with Gasteiger partial charge in [-0.05, 0) is 103 Å². The second kappa shape index (κ2) is 14.0. The molecule has 0 spiro atoms. The molecule has 0 saturated heterocycles. The van der Waals surface area contributed by atoms with Gasteiger partial charge in [-0.15, -0.1) is 0 Å². The number of benzene rings is 4. The number of hydrogen-bond donors (Lipinski definition) is 2. The van der Waals surface area contributed by atoms with Gasteiger partial charge in [-0.25, -0.2) is 22.8 Å². The summed E-state index contributed by atoms with van der Waals surface area (Å²) in [6.45, 7) is 13.6. The summed E-state index contributed by atoms with van der Waals surface area (Å²) in [7, 11) is -6.41. The Labute approximate surface area is 332 Å². The molecule has 0 fully saturated rings. The number of anilines is 1. The molecule has 1 aliphatic heterocycles. The van der Waals surface area contributed by atoms with Crippen LogP contribution in [0.2, 0.25) is 18.1 Å². The van der Waals surface area contributed by atoms with E-state index in [9.17, 15) is 4.78 Å². The molecule has 0 radical (unpaired) electrons. The van der Waals surface area contributed by atoms with Crippen LogP contribution in [0.15, 0.2) is 108 Å². The zero-order valence-corrected chi connectivity index (χ0v) is 35.2. The van der Waals surface area contributed by atoms with Crippen molar-refractivity contribution in [3.63, 3.8) is 0 Å². The van der Waals surface area contributed by atoms with Crippen LogP contribution in [0.25, 0.3) is 0 Å². The molecule has 4 aromatic carbocycles. The highest BCUT2D eigenvalue weighted by atomic mass is 32.2.